The predicted molar refractivity (Wildman–Crippen MR) is 41.4 cm³/mol. The number of carbonyl (C=O) groups excluding carboxylic acids is 2. The summed E-state index contributed by atoms with van der Waals surface area (Å²) in [6, 6.07) is -0.438. The lowest BCUT2D eigenvalue weighted by Crippen LogP contribution is -2.35. The van der Waals surface area contributed by atoms with Crippen LogP contribution in [0.4, 0.5) is 4.79 Å². The fraction of sp³-hybridized carbons (Fsp3) is 0.667. The zero-order valence-corrected chi connectivity index (χ0v) is 6.94. The Kier molecular flexibility index (Phi) is 2.76. The summed E-state index contributed by atoms with van der Waals surface area (Å²) in [5.41, 5.74) is 0. The third-order valence-electron chi connectivity index (χ3n) is 1.24. The maximum atomic E-state index is 10.9. The number of carbonyl (C=O) groups is 2. The maximum Gasteiger partial charge on any atom is 0.329 e. The van der Waals surface area contributed by atoms with Gasteiger partial charge < -0.3 is 10.1 Å². The second-order valence-corrected chi connectivity index (χ2v) is 3.04. The molecule has 0 aliphatic carbocycles. The van der Waals surface area contributed by atoms with Gasteiger partial charge in [0, 0.05) is 5.75 Å². The van der Waals surface area contributed by atoms with Gasteiger partial charge in [-0.3, -0.25) is 4.79 Å². The van der Waals surface area contributed by atoms with Crippen molar-refractivity contribution in [3.05, 3.63) is 0 Å². The predicted octanol–water partition coefficient (Wildman–Crippen LogP) is 0.374. The number of hydrogen-bond acceptors (Lipinski definition) is 4. The topological polar surface area (TPSA) is 55.4 Å². The molecule has 0 spiro atoms. The Morgan fingerprint density at radius 2 is 2.64 bits per heavy atom. The van der Waals surface area contributed by atoms with Gasteiger partial charge in [0.05, 0.1) is 6.61 Å². The van der Waals surface area contributed by atoms with Crippen LogP contribution in [0.1, 0.15) is 6.92 Å². The summed E-state index contributed by atoms with van der Waals surface area (Å²) in [7, 11) is 0. The average Bonchev–Trinajstić information content (AvgIpc) is 2.36. The Bertz CT molecular complexity index is 183. The van der Waals surface area contributed by atoms with Gasteiger partial charge in [-0.15, -0.1) is 0 Å². The Morgan fingerprint density at radius 3 is 3.09 bits per heavy atom. The van der Waals surface area contributed by atoms with Gasteiger partial charge >= 0.3 is 5.97 Å². The molecule has 62 valence electrons. The van der Waals surface area contributed by atoms with E-state index >= 15 is 0 Å². The normalized spacial score (nSPS) is 23.0. The molecule has 5 heteroatoms. The minimum Gasteiger partial charge on any atom is -0.464 e. The molecule has 0 aromatic carbocycles. The monoisotopic (exact) mass is 175 g/mol. The van der Waals surface area contributed by atoms with E-state index in [0.717, 1.165) is 11.8 Å². The molecule has 1 heterocycles. The van der Waals surface area contributed by atoms with Gasteiger partial charge in [0.15, 0.2) is 0 Å². The van der Waals surface area contributed by atoms with Crippen LogP contribution in [0.2, 0.25) is 0 Å². The zero-order valence-electron chi connectivity index (χ0n) is 6.12. The Labute approximate surface area is 68.7 Å². The largest absolute Gasteiger partial charge is 0.464 e. The average molecular weight is 175 g/mol. The fourth-order valence-electron chi connectivity index (χ4n) is 0.754. The molecule has 0 aromatic rings. The number of rotatable bonds is 2. The van der Waals surface area contributed by atoms with Crippen molar-refractivity contribution in [2.45, 2.75) is 13.0 Å². The van der Waals surface area contributed by atoms with Crippen molar-refractivity contribution in [3.8, 4) is 0 Å². The highest BCUT2D eigenvalue weighted by Gasteiger charge is 2.28. The number of thioether (sulfide) groups is 1. The number of ether oxygens (including phenoxy) is 1. The van der Waals surface area contributed by atoms with Crippen LogP contribution >= 0.6 is 11.8 Å². The second-order valence-electron chi connectivity index (χ2n) is 2.05. The SMILES string of the molecule is CCOC(=O)[C@@H]1CSC(=O)N1. The summed E-state index contributed by atoms with van der Waals surface area (Å²) in [4.78, 5) is 21.5. The summed E-state index contributed by atoms with van der Waals surface area (Å²) < 4.78 is 4.71. The van der Waals surface area contributed by atoms with Crippen molar-refractivity contribution >= 4 is 23.0 Å². The van der Waals surface area contributed by atoms with E-state index < -0.39 is 6.04 Å². The maximum absolute atomic E-state index is 10.9. The highest BCUT2D eigenvalue weighted by Crippen LogP contribution is 2.13. The Morgan fingerprint density at radius 1 is 1.91 bits per heavy atom. The van der Waals surface area contributed by atoms with Crippen molar-refractivity contribution in [1.82, 2.24) is 5.32 Å². The molecule has 0 unspecified atom stereocenters. The molecule has 1 rings (SSSR count). The molecule has 1 N–H and O–H groups in total. The first-order valence-corrected chi connectivity index (χ1v) is 4.32. The second kappa shape index (κ2) is 3.61. The van der Waals surface area contributed by atoms with E-state index in [2.05, 4.69) is 5.32 Å². The molecular weight excluding hydrogens is 166 g/mol. The van der Waals surface area contributed by atoms with Crippen LogP contribution in [0.25, 0.3) is 0 Å². The molecule has 1 fully saturated rings. The van der Waals surface area contributed by atoms with E-state index in [4.69, 9.17) is 4.74 Å². The number of nitrogens with one attached hydrogen (secondary N) is 1. The van der Waals surface area contributed by atoms with Gasteiger partial charge in [-0.1, -0.05) is 11.8 Å². The van der Waals surface area contributed by atoms with E-state index in [1.165, 1.54) is 0 Å². The first-order valence-electron chi connectivity index (χ1n) is 3.34. The van der Waals surface area contributed by atoms with Gasteiger partial charge in [0.2, 0.25) is 0 Å². The number of hydrogen-bond donors (Lipinski definition) is 1. The van der Waals surface area contributed by atoms with Crippen molar-refractivity contribution in [3.63, 3.8) is 0 Å². The molecule has 1 atom stereocenters. The van der Waals surface area contributed by atoms with E-state index in [1.807, 2.05) is 0 Å². The third-order valence-corrected chi connectivity index (χ3v) is 2.12. The quantitative estimate of drug-likeness (QED) is 0.616. The van der Waals surface area contributed by atoms with Crippen LogP contribution in [-0.2, 0) is 9.53 Å². The summed E-state index contributed by atoms with van der Waals surface area (Å²) >= 11 is 1.11. The van der Waals surface area contributed by atoms with E-state index in [9.17, 15) is 9.59 Å². The Balaban J connectivity index is 2.37. The standard InChI is InChI=1S/C6H9NO3S/c1-2-10-5(8)4-3-11-6(9)7-4/h4H,2-3H2,1H3,(H,7,9)/t4-/m0/s1. The molecule has 11 heavy (non-hydrogen) atoms. The van der Waals surface area contributed by atoms with E-state index in [1.54, 1.807) is 6.92 Å². The van der Waals surface area contributed by atoms with Gasteiger partial charge in [-0.25, -0.2) is 4.79 Å². The van der Waals surface area contributed by atoms with Gasteiger partial charge in [0.1, 0.15) is 6.04 Å². The minimum atomic E-state index is -0.438. The summed E-state index contributed by atoms with van der Waals surface area (Å²) in [6.07, 6.45) is 0. The highest BCUT2D eigenvalue weighted by molar-refractivity contribution is 8.14. The van der Waals surface area contributed by atoms with Crippen LogP contribution < -0.4 is 5.32 Å². The van der Waals surface area contributed by atoms with Gasteiger partial charge in [-0.05, 0) is 6.92 Å². The van der Waals surface area contributed by atoms with Crippen LogP contribution in [0, 0.1) is 0 Å². The lowest BCUT2D eigenvalue weighted by molar-refractivity contribution is -0.144. The summed E-state index contributed by atoms with van der Waals surface area (Å²) in [6.45, 7) is 2.09. The number of esters is 1. The van der Waals surface area contributed by atoms with Crippen LogP contribution in [0.3, 0.4) is 0 Å². The van der Waals surface area contributed by atoms with Crippen molar-refractivity contribution in [1.29, 1.82) is 0 Å². The molecule has 1 aliphatic rings. The van der Waals surface area contributed by atoms with Crippen LogP contribution in [0.15, 0.2) is 0 Å². The Hall–Kier alpha value is -0.710. The van der Waals surface area contributed by atoms with Crippen LogP contribution in [0.5, 0.6) is 0 Å². The zero-order chi connectivity index (χ0) is 8.27. The van der Waals surface area contributed by atoms with E-state index in [-0.39, 0.29) is 11.2 Å². The number of amides is 1. The lowest BCUT2D eigenvalue weighted by Gasteiger charge is -2.06. The lowest BCUT2D eigenvalue weighted by atomic mass is 10.3. The molecular formula is C6H9NO3S. The smallest absolute Gasteiger partial charge is 0.329 e. The first-order chi connectivity index (χ1) is 5.24. The third kappa shape index (κ3) is 2.11. The summed E-state index contributed by atoms with van der Waals surface area (Å²) in [5.74, 6) is 0.142. The molecule has 4 nitrogen and oxygen atoms in total. The molecule has 0 saturated carbocycles. The summed E-state index contributed by atoms with van der Waals surface area (Å²) in [5, 5.41) is 2.34. The molecule has 1 amide bonds. The van der Waals surface area contributed by atoms with E-state index in [0.29, 0.717) is 12.4 Å². The van der Waals surface area contributed by atoms with Crippen molar-refractivity contribution in [2.75, 3.05) is 12.4 Å². The fourth-order valence-corrected chi connectivity index (χ4v) is 1.52. The first kappa shape index (κ1) is 8.39. The molecule has 0 radical (unpaired) electrons. The van der Waals surface area contributed by atoms with Crippen LogP contribution in [-0.4, -0.2) is 29.6 Å². The molecule has 0 bridgehead atoms. The highest BCUT2D eigenvalue weighted by atomic mass is 32.2. The molecule has 1 aliphatic heterocycles. The van der Waals surface area contributed by atoms with Crippen molar-refractivity contribution < 1.29 is 14.3 Å². The van der Waals surface area contributed by atoms with Gasteiger partial charge in [0.25, 0.3) is 5.24 Å². The molecule has 0 aromatic heterocycles. The van der Waals surface area contributed by atoms with Gasteiger partial charge in [-0.2, -0.15) is 0 Å². The van der Waals surface area contributed by atoms with Crippen molar-refractivity contribution in [2.24, 2.45) is 0 Å². The minimum absolute atomic E-state index is 0.150. The molecule has 1 saturated heterocycles.